The van der Waals surface area contributed by atoms with Gasteiger partial charge in [0, 0.05) is 24.4 Å². The zero-order valence-corrected chi connectivity index (χ0v) is 26.8. The molecule has 1 atom stereocenters. The molecule has 0 aromatic carbocycles. The van der Waals surface area contributed by atoms with Crippen molar-refractivity contribution in [2.75, 3.05) is 7.05 Å². The first-order chi connectivity index (χ1) is 16.4. The predicted molar refractivity (Wildman–Crippen MR) is 170 cm³/mol. The Morgan fingerprint density at radius 2 is 1.18 bits per heavy atom. The van der Waals surface area contributed by atoms with Gasteiger partial charge in [-0.2, -0.15) is 0 Å². The smallest absolute Gasteiger partial charge is 0.0359 e. The van der Waals surface area contributed by atoms with E-state index in [0.29, 0.717) is 5.92 Å². The van der Waals surface area contributed by atoms with Gasteiger partial charge in [-0.3, -0.25) is 0 Å². The van der Waals surface area contributed by atoms with Crippen molar-refractivity contribution in [3.63, 3.8) is 0 Å². The Balaban J connectivity index is -0.0000000804. The second-order valence-corrected chi connectivity index (χ2v) is 5.59. The summed E-state index contributed by atoms with van der Waals surface area (Å²) in [5, 5.41) is 0. The first kappa shape index (κ1) is 49.2. The van der Waals surface area contributed by atoms with Crippen LogP contribution >= 0.6 is 0 Å². The number of likely N-dealkylation sites (N-methyl/N-ethyl adjacent to an activating group) is 1. The van der Waals surface area contributed by atoms with E-state index >= 15 is 0 Å². The third-order valence-corrected chi connectivity index (χ3v) is 3.33. The molecule has 0 saturated heterocycles. The Morgan fingerprint density at radius 1 is 0.765 bits per heavy atom. The van der Waals surface area contributed by atoms with Crippen LogP contribution in [0, 0.1) is 5.92 Å². The monoisotopic (exact) mass is 478 g/mol. The van der Waals surface area contributed by atoms with Gasteiger partial charge >= 0.3 is 0 Å². The molecular weight excluding hydrogens is 410 g/mol. The molecule has 0 aliphatic carbocycles. The molecule has 0 bridgehead atoms. The minimum absolute atomic E-state index is 0.400. The topological polar surface area (TPSA) is 3.24 Å². The summed E-state index contributed by atoms with van der Waals surface area (Å²) in [6.45, 7) is 35.8. The summed E-state index contributed by atoms with van der Waals surface area (Å²) in [6.07, 6.45) is 24.0. The molecule has 34 heavy (non-hydrogen) atoms. The molecule has 0 N–H and O–H groups in total. The second kappa shape index (κ2) is 57.6. The quantitative estimate of drug-likeness (QED) is 0.260. The maximum atomic E-state index is 3.36. The highest BCUT2D eigenvalue weighted by molar-refractivity contribution is 5.27. The molecule has 1 nitrogen and oxygen atoms in total. The Morgan fingerprint density at radius 3 is 1.44 bits per heavy atom. The Labute approximate surface area is 219 Å². The number of nitrogens with zero attached hydrogens (tertiary/aromatic N) is 1. The van der Waals surface area contributed by atoms with E-state index in [-0.39, 0.29) is 0 Å². The molecular formula is C33H67N. The average molecular weight is 478 g/mol. The second-order valence-electron chi connectivity index (χ2n) is 5.59. The van der Waals surface area contributed by atoms with Crippen LogP contribution in [0.3, 0.4) is 0 Å². The number of allylic oxidation sites excluding steroid dienone is 11. The molecule has 0 spiro atoms. The summed E-state index contributed by atoms with van der Waals surface area (Å²) in [7, 11) is 2.13. The van der Waals surface area contributed by atoms with Crippen LogP contribution in [-0.2, 0) is 0 Å². The van der Waals surface area contributed by atoms with Crippen LogP contribution in [0.5, 0.6) is 0 Å². The molecule has 0 aromatic rings. The Hall–Kier alpha value is -2.02. The van der Waals surface area contributed by atoms with Crippen LogP contribution < -0.4 is 0 Å². The van der Waals surface area contributed by atoms with E-state index in [0.717, 1.165) is 6.42 Å². The molecule has 0 fully saturated rings. The van der Waals surface area contributed by atoms with Gasteiger partial charge in [-0.25, -0.2) is 0 Å². The van der Waals surface area contributed by atoms with Crippen molar-refractivity contribution >= 4 is 0 Å². The molecule has 204 valence electrons. The maximum absolute atomic E-state index is 3.36. The van der Waals surface area contributed by atoms with Gasteiger partial charge in [-0.15, -0.1) is 6.58 Å². The van der Waals surface area contributed by atoms with Crippen LogP contribution in [0.25, 0.3) is 0 Å². The number of rotatable bonds is 7. The van der Waals surface area contributed by atoms with Gasteiger partial charge in [0.15, 0.2) is 0 Å². The third-order valence-electron chi connectivity index (χ3n) is 3.33. The summed E-state index contributed by atoms with van der Waals surface area (Å²) in [4.78, 5) is 2.25. The lowest BCUT2D eigenvalue weighted by atomic mass is 10.0. The van der Waals surface area contributed by atoms with Gasteiger partial charge in [0.1, 0.15) is 0 Å². The van der Waals surface area contributed by atoms with Crippen LogP contribution in [0.1, 0.15) is 117 Å². The Bertz CT molecular complexity index is 481. The molecule has 0 aliphatic rings. The molecule has 0 saturated carbocycles. The number of hydrogen-bond acceptors (Lipinski definition) is 1. The highest BCUT2D eigenvalue weighted by Gasteiger charge is 2.11. The SMILES string of the molecule is C/C=C\C.C=CC.CC.CC.CC.CC.CC=CC(C)/C(=C\C=CCC)N(C)C(/C=C\C)=C/C. The lowest BCUT2D eigenvalue weighted by Crippen LogP contribution is -2.20. The molecule has 0 rings (SSSR count). The standard InChI is InChI=1S/C18H29N.C4H8.C3H6.4C2H6/c1-7-11-12-15-18(16(5)13-8-2)19(6)17(10-4)14-9-3;1-3-4-2;1-3-2;4*1-2/h8-16H,7H2,1-6H3;3-4H,1-2H3;3H,1H2,2H3;4*1-2H3/b12-11?,13-8?,14-9-,17-10+,18-15+;4-3-;;;;;. The lowest BCUT2D eigenvalue weighted by molar-refractivity contribution is 0.482. The van der Waals surface area contributed by atoms with E-state index in [1.54, 1.807) is 6.08 Å². The fraction of sp³-hybridized carbons (Fsp3) is 0.576. The van der Waals surface area contributed by atoms with Gasteiger partial charge in [-0.1, -0.05) is 124 Å². The van der Waals surface area contributed by atoms with Crippen molar-refractivity contribution in [2.24, 2.45) is 5.92 Å². The van der Waals surface area contributed by atoms with E-state index in [2.05, 4.69) is 94.8 Å². The Kier molecular flexibility index (Phi) is 83.4. The van der Waals surface area contributed by atoms with Crippen molar-refractivity contribution < 1.29 is 0 Å². The van der Waals surface area contributed by atoms with E-state index in [9.17, 15) is 0 Å². The number of hydrogen-bond donors (Lipinski definition) is 0. The van der Waals surface area contributed by atoms with E-state index < -0.39 is 0 Å². The molecule has 1 unspecified atom stereocenters. The van der Waals surface area contributed by atoms with E-state index in [1.165, 1.54) is 11.4 Å². The van der Waals surface area contributed by atoms with Crippen molar-refractivity contribution in [3.8, 4) is 0 Å². The molecule has 0 aliphatic heterocycles. The molecule has 0 amide bonds. The van der Waals surface area contributed by atoms with Gasteiger partial charge in [-0.05, 0) is 60.1 Å². The largest absolute Gasteiger partial charge is 0.348 e. The fourth-order valence-electron chi connectivity index (χ4n) is 1.98. The molecule has 0 heterocycles. The minimum Gasteiger partial charge on any atom is -0.348 e. The average Bonchev–Trinajstić information content (AvgIpc) is 2.90. The lowest BCUT2D eigenvalue weighted by Gasteiger charge is -2.27. The van der Waals surface area contributed by atoms with E-state index in [4.69, 9.17) is 0 Å². The predicted octanol–water partition coefficient (Wildman–Crippen LogP) is 12.3. The van der Waals surface area contributed by atoms with Crippen LogP contribution in [0.4, 0.5) is 0 Å². The highest BCUT2D eigenvalue weighted by atomic mass is 15.1. The summed E-state index contributed by atoms with van der Waals surface area (Å²) in [5.74, 6) is 0.400. The summed E-state index contributed by atoms with van der Waals surface area (Å²) in [5.41, 5.74) is 2.52. The van der Waals surface area contributed by atoms with Gasteiger partial charge in [0.05, 0.1) is 0 Å². The molecule has 0 radical (unpaired) electrons. The minimum atomic E-state index is 0.400. The first-order valence-corrected chi connectivity index (χ1v) is 13.6. The zero-order valence-electron chi connectivity index (χ0n) is 26.8. The van der Waals surface area contributed by atoms with Gasteiger partial charge in [0.2, 0.25) is 0 Å². The van der Waals surface area contributed by atoms with Crippen LogP contribution in [-0.4, -0.2) is 11.9 Å². The van der Waals surface area contributed by atoms with Crippen molar-refractivity contribution in [3.05, 3.63) is 84.8 Å². The van der Waals surface area contributed by atoms with E-state index in [1.807, 2.05) is 95.2 Å². The van der Waals surface area contributed by atoms with Crippen LogP contribution in [0.15, 0.2) is 84.8 Å². The first-order valence-electron chi connectivity index (χ1n) is 13.6. The maximum Gasteiger partial charge on any atom is 0.0359 e. The fourth-order valence-corrected chi connectivity index (χ4v) is 1.98. The molecule has 0 aromatic heterocycles. The summed E-state index contributed by atoms with van der Waals surface area (Å²) < 4.78 is 0. The van der Waals surface area contributed by atoms with Crippen molar-refractivity contribution in [1.82, 2.24) is 4.90 Å². The third kappa shape index (κ3) is 43.8. The van der Waals surface area contributed by atoms with Gasteiger partial charge < -0.3 is 4.90 Å². The van der Waals surface area contributed by atoms with Crippen molar-refractivity contribution in [2.45, 2.75) is 117 Å². The summed E-state index contributed by atoms with van der Waals surface area (Å²) >= 11 is 0. The normalized spacial score (nSPS) is 11.1. The van der Waals surface area contributed by atoms with Gasteiger partial charge in [0.25, 0.3) is 0 Å². The zero-order chi connectivity index (χ0) is 28.8. The highest BCUT2D eigenvalue weighted by Crippen LogP contribution is 2.21. The van der Waals surface area contributed by atoms with Crippen LogP contribution in [0.2, 0.25) is 0 Å². The summed E-state index contributed by atoms with van der Waals surface area (Å²) in [6, 6.07) is 0. The molecule has 1 heteroatoms. The van der Waals surface area contributed by atoms with Crippen molar-refractivity contribution in [1.29, 1.82) is 0 Å².